The van der Waals surface area contributed by atoms with E-state index in [1.54, 1.807) is 6.07 Å². The van der Waals surface area contributed by atoms with Gasteiger partial charge in [0.25, 0.3) is 5.69 Å². The number of nitro groups is 1. The highest BCUT2D eigenvalue weighted by atomic mass is 16.6. The molecule has 0 atom stereocenters. The number of ether oxygens (including phenoxy) is 1. The number of anilines is 2. The summed E-state index contributed by atoms with van der Waals surface area (Å²) in [4.78, 5) is 10.3. The number of nitro benzene ring substituents is 1. The van der Waals surface area contributed by atoms with E-state index in [1.165, 1.54) is 12.1 Å². The summed E-state index contributed by atoms with van der Waals surface area (Å²) in [5, 5.41) is 13.9. The zero-order chi connectivity index (χ0) is 14.1. The lowest BCUT2D eigenvalue weighted by atomic mass is 10.2. The summed E-state index contributed by atoms with van der Waals surface area (Å²) >= 11 is 0. The first kappa shape index (κ1) is 15.2. The van der Waals surface area contributed by atoms with E-state index in [0.29, 0.717) is 24.5 Å². The lowest BCUT2D eigenvalue weighted by Crippen LogP contribution is -2.09. The van der Waals surface area contributed by atoms with E-state index >= 15 is 0 Å². The molecule has 19 heavy (non-hydrogen) atoms. The molecule has 1 rings (SSSR count). The monoisotopic (exact) mass is 268 g/mol. The third-order valence-electron chi connectivity index (χ3n) is 2.44. The molecule has 0 aliphatic heterocycles. The number of benzene rings is 1. The van der Waals surface area contributed by atoms with Crippen LogP contribution in [-0.2, 0) is 4.74 Å². The van der Waals surface area contributed by atoms with Crippen molar-refractivity contribution in [3.63, 3.8) is 0 Å². The maximum absolute atomic E-state index is 10.8. The second-order valence-corrected chi connectivity index (χ2v) is 4.06. The zero-order valence-electron chi connectivity index (χ0n) is 11.0. The van der Waals surface area contributed by atoms with Crippen molar-refractivity contribution in [3.05, 3.63) is 28.3 Å². The van der Waals surface area contributed by atoms with E-state index in [-0.39, 0.29) is 5.69 Å². The van der Waals surface area contributed by atoms with Crippen molar-refractivity contribution in [2.24, 2.45) is 5.84 Å². The Bertz CT molecular complexity index is 412. The van der Waals surface area contributed by atoms with Gasteiger partial charge in [-0.15, -0.1) is 0 Å². The number of nitrogen functional groups attached to an aromatic ring is 1. The molecule has 0 bridgehead atoms. The van der Waals surface area contributed by atoms with Crippen LogP contribution in [0.2, 0.25) is 0 Å². The van der Waals surface area contributed by atoms with Crippen molar-refractivity contribution in [1.29, 1.82) is 0 Å². The fraction of sp³-hybridized carbons (Fsp3) is 0.500. The predicted molar refractivity (Wildman–Crippen MR) is 75.1 cm³/mol. The van der Waals surface area contributed by atoms with Crippen LogP contribution in [0.1, 0.15) is 19.8 Å². The fourth-order valence-corrected chi connectivity index (χ4v) is 1.56. The van der Waals surface area contributed by atoms with Gasteiger partial charge in [-0.1, -0.05) is 6.92 Å². The number of nitrogens with zero attached hydrogens (tertiary/aromatic N) is 1. The summed E-state index contributed by atoms with van der Waals surface area (Å²) in [6.45, 7) is 4.19. The average Bonchev–Trinajstić information content (AvgIpc) is 2.42. The molecule has 4 N–H and O–H groups in total. The standard InChI is InChI=1S/C12H20N4O3/c1-2-5-19-6-3-4-14-10-7-11(15-13)9-12(8-10)16(17)18/h7-9,14-15H,2-6,13H2,1H3. The van der Waals surface area contributed by atoms with E-state index in [0.717, 1.165) is 19.4 Å². The summed E-state index contributed by atoms with van der Waals surface area (Å²) < 4.78 is 5.35. The van der Waals surface area contributed by atoms with Crippen molar-refractivity contribution >= 4 is 17.1 Å². The smallest absolute Gasteiger partial charge is 0.273 e. The van der Waals surface area contributed by atoms with E-state index < -0.39 is 4.92 Å². The molecule has 0 amide bonds. The van der Waals surface area contributed by atoms with E-state index in [2.05, 4.69) is 17.7 Å². The molecule has 1 aromatic carbocycles. The molecule has 0 saturated carbocycles. The number of nitrogens with two attached hydrogens (primary N) is 1. The van der Waals surface area contributed by atoms with Crippen molar-refractivity contribution < 1.29 is 9.66 Å². The number of non-ortho nitro benzene ring substituents is 1. The average molecular weight is 268 g/mol. The molecule has 0 saturated heterocycles. The summed E-state index contributed by atoms with van der Waals surface area (Å²) in [5.41, 5.74) is 3.58. The quantitative estimate of drug-likeness (QED) is 0.274. The van der Waals surface area contributed by atoms with Crippen LogP contribution >= 0.6 is 0 Å². The van der Waals surface area contributed by atoms with E-state index in [4.69, 9.17) is 10.6 Å². The van der Waals surface area contributed by atoms with Crippen LogP contribution in [0.3, 0.4) is 0 Å². The Kier molecular flexibility index (Phi) is 6.62. The highest BCUT2D eigenvalue weighted by Crippen LogP contribution is 2.23. The largest absolute Gasteiger partial charge is 0.385 e. The third-order valence-corrected chi connectivity index (χ3v) is 2.44. The lowest BCUT2D eigenvalue weighted by molar-refractivity contribution is -0.384. The van der Waals surface area contributed by atoms with Gasteiger partial charge in [0, 0.05) is 37.6 Å². The van der Waals surface area contributed by atoms with Gasteiger partial charge in [-0.3, -0.25) is 16.0 Å². The second kappa shape index (κ2) is 8.28. The number of nitrogens with one attached hydrogen (secondary N) is 2. The van der Waals surface area contributed by atoms with Gasteiger partial charge >= 0.3 is 0 Å². The summed E-state index contributed by atoms with van der Waals surface area (Å²) in [6.07, 6.45) is 1.85. The topological polar surface area (TPSA) is 102 Å². The highest BCUT2D eigenvalue weighted by molar-refractivity contribution is 5.63. The molecule has 106 valence electrons. The minimum atomic E-state index is -0.448. The zero-order valence-corrected chi connectivity index (χ0v) is 11.0. The van der Waals surface area contributed by atoms with Crippen LogP contribution in [0.25, 0.3) is 0 Å². The van der Waals surface area contributed by atoms with Crippen molar-refractivity contribution in [3.8, 4) is 0 Å². The Morgan fingerprint density at radius 1 is 1.32 bits per heavy atom. The van der Waals surface area contributed by atoms with Gasteiger partial charge in [-0.25, -0.2) is 0 Å². The number of hydrazine groups is 1. The molecule has 7 nitrogen and oxygen atoms in total. The minimum absolute atomic E-state index is 0.000169. The molecule has 0 aliphatic carbocycles. The first-order valence-corrected chi connectivity index (χ1v) is 6.25. The van der Waals surface area contributed by atoms with Gasteiger partial charge < -0.3 is 15.5 Å². The van der Waals surface area contributed by atoms with Crippen LogP contribution in [0, 0.1) is 10.1 Å². The van der Waals surface area contributed by atoms with Crippen molar-refractivity contribution in [2.75, 3.05) is 30.5 Å². The first-order chi connectivity index (χ1) is 9.17. The first-order valence-electron chi connectivity index (χ1n) is 6.25. The Morgan fingerprint density at radius 3 is 2.68 bits per heavy atom. The van der Waals surface area contributed by atoms with Crippen LogP contribution < -0.4 is 16.6 Å². The highest BCUT2D eigenvalue weighted by Gasteiger charge is 2.08. The SMILES string of the molecule is CCCOCCCNc1cc(NN)cc([N+](=O)[O-])c1. The van der Waals surface area contributed by atoms with Gasteiger partial charge in [-0.2, -0.15) is 0 Å². The molecule has 0 unspecified atom stereocenters. The molecule has 0 aromatic heterocycles. The number of rotatable bonds is 9. The van der Waals surface area contributed by atoms with E-state index in [9.17, 15) is 10.1 Å². The van der Waals surface area contributed by atoms with Crippen molar-refractivity contribution in [1.82, 2.24) is 0 Å². The minimum Gasteiger partial charge on any atom is -0.385 e. The number of hydrogen-bond acceptors (Lipinski definition) is 6. The van der Waals surface area contributed by atoms with Crippen LogP contribution in [0.15, 0.2) is 18.2 Å². The maximum Gasteiger partial charge on any atom is 0.273 e. The van der Waals surface area contributed by atoms with Gasteiger partial charge in [0.2, 0.25) is 0 Å². The molecule has 0 heterocycles. The Labute approximate surface area is 112 Å². The Balaban J connectivity index is 2.48. The van der Waals surface area contributed by atoms with Crippen molar-refractivity contribution in [2.45, 2.75) is 19.8 Å². The van der Waals surface area contributed by atoms with Gasteiger partial charge in [0.15, 0.2) is 0 Å². The maximum atomic E-state index is 10.8. The molecule has 0 radical (unpaired) electrons. The van der Waals surface area contributed by atoms with Crippen LogP contribution in [-0.4, -0.2) is 24.7 Å². The van der Waals surface area contributed by atoms with Gasteiger partial charge in [0.1, 0.15) is 0 Å². The van der Waals surface area contributed by atoms with Gasteiger partial charge in [0.05, 0.1) is 10.6 Å². The Morgan fingerprint density at radius 2 is 2.05 bits per heavy atom. The number of hydrogen-bond donors (Lipinski definition) is 3. The molecule has 0 aliphatic rings. The molecule has 7 heteroatoms. The van der Waals surface area contributed by atoms with E-state index in [1.807, 2.05) is 0 Å². The molecule has 0 spiro atoms. The second-order valence-electron chi connectivity index (χ2n) is 4.06. The normalized spacial score (nSPS) is 10.2. The fourth-order valence-electron chi connectivity index (χ4n) is 1.56. The third kappa shape index (κ3) is 5.54. The lowest BCUT2D eigenvalue weighted by Gasteiger charge is -2.08. The molecule has 0 fully saturated rings. The Hall–Kier alpha value is -1.86. The molecular weight excluding hydrogens is 248 g/mol. The molecule has 1 aromatic rings. The summed E-state index contributed by atoms with van der Waals surface area (Å²) in [6, 6.07) is 4.59. The van der Waals surface area contributed by atoms with Crippen LogP contribution in [0.4, 0.5) is 17.1 Å². The van der Waals surface area contributed by atoms with Crippen LogP contribution in [0.5, 0.6) is 0 Å². The molecular formula is C12H20N4O3. The van der Waals surface area contributed by atoms with Gasteiger partial charge in [-0.05, 0) is 18.9 Å². The predicted octanol–water partition coefficient (Wildman–Crippen LogP) is 2.11. The summed E-state index contributed by atoms with van der Waals surface area (Å²) in [5.74, 6) is 5.28. The summed E-state index contributed by atoms with van der Waals surface area (Å²) in [7, 11) is 0.